The van der Waals surface area contributed by atoms with Crippen molar-refractivity contribution < 1.29 is 8.83 Å². The van der Waals surface area contributed by atoms with Gasteiger partial charge in [0.25, 0.3) is 0 Å². The zero-order valence-electron chi connectivity index (χ0n) is 33.3. The third-order valence-electron chi connectivity index (χ3n) is 15.0. The summed E-state index contributed by atoms with van der Waals surface area (Å²) in [4.78, 5) is 2.71. The summed E-state index contributed by atoms with van der Waals surface area (Å²) < 4.78 is 16.2. The Labute approximate surface area is 341 Å². The Morgan fingerprint density at radius 3 is 2.10 bits per heavy atom. The summed E-state index contributed by atoms with van der Waals surface area (Å²) in [7, 11) is 0. The van der Waals surface area contributed by atoms with Gasteiger partial charge >= 0.3 is 0 Å². The topological polar surface area (TPSA) is 34.5 Å². The minimum absolute atomic E-state index is 0.376. The van der Waals surface area contributed by atoms with Gasteiger partial charge < -0.3 is 18.3 Å². The maximum absolute atomic E-state index is 6.78. The van der Waals surface area contributed by atoms with Crippen LogP contribution in [0.5, 0.6) is 0 Å². The lowest BCUT2D eigenvalue weighted by molar-refractivity contribution is 0.256. The zero-order valence-corrected chi connectivity index (χ0v) is 33.3. The lowest BCUT2D eigenvalue weighted by atomic mass is 9.79. The van der Waals surface area contributed by atoms with Gasteiger partial charge in [0, 0.05) is 82.6 Å². The van der Waals surface area contributed by atoms with Crippen LogP contribution in [-0.2, 0) is 38.5 Å². The largest absolute Gasteiger partial charge is 0.465 e. The molecule has 0 aromatic carbocycles. The van der Waals surface area contributed by atoms with Crippen LogP contribution in [0.4, 0.5) is 0 Å². The summed E-state index contributed by atoms with van der Waals surface area (Å²) >= 11 is 0. The van der Waals surface area contributed by atoms with Crippen LogP contribution in [0.15, 0.2) is 122 Å². The van der Waals surface area contributed by atoms with Crippen molar-refractivity contribution in [3.8, 4) is 11.1 Å². The first kappa shape index (κ1) is 33.5. The van der Waals surface area contributed by atoms with E-state index in [4.69, 9.17) is 8.83 Å². The molecular weight excluding hydrogens is 709 g/mol. The maximum atomic E-state index is 6.78. The molecule has 0 saturated heterocycles. The molecule has 0 amide bonds. The van der Waals surface area contributed by atoms with E-state index in [2.05, 4.69) is 119 Å². The minimum atomic E-state index is 0.376. The number of fused-ring (bicyclic) bond motifs is 12. The third-order valence-corrected chi connectivity index (χ3v) is 15.0. The maximum Gasteiger partial charge on any atom is 0.113 e. The molecular formula is C54H50N2O2. The highest BCUT2D eigenvalue weighted by atomic mass is 16.4. The van der Waals surface area contributed by atoms with E-state index in [1.165, 1.54) is 80.4 Å². The Morgan fingerprint density at radius 1 is 0.603 bits per heavy atom. The molecule has 13 rings (SSSR count). The van der Waals surface area contributed by atoms with E-state index >= 15 is 0 Å². The van der Waals surface area contributed by atoms with Crippen molar-refractivity contribution in [2.45, 2.75) is 102 Å². The van der Waals surface area contributed by atoms with Crippen LogP contribution < -0.4 is 0 Å². The summed E-state index contributed by atoms with van der Waals surface area (Å²) in [6.45, 7) is 0. The molecule has 0 N–H and O–H groups in total. The number of hydrogen-bond donors (Lipinski definition) is 0. The predicted octanol–water partition coefficient (Wildman–Crippen LogP) is 12.4. The number of rotatable bonds is 4. The first-order valence-electron chi connectivity index (χ1n) is 22.3. The van der Waals surface area contributed by atoms with E-state index < -0.39 is 0 Å². The standard InChI is InChI=1S/C54H50N2O2/c1-2-12-37(13-3-1)55-47-20-9-6-17-41(47)42-30-34(21-24-48(42)55)36-23-26-50-44(32-36)54-52(58-50)28-27-51-53(54)43-31-35(22-25-49(43)57-51)33-11-10-14-38(29-33)56-45-18-7-4-15-39(45)40-16-5-8-19-46(40)56/h1-3,7-12,14,18-21,24,30-33,37,42,48H,4-6,13,15-17,22-23,25-29H2. The summed E-state index contributed by atoms with van der Waals surface area (Å²) in [5.74, 6) is 5.45. The lowest BCUT2D eigenvalue weighted by Crippen LogP contribution is -2.40. The fourth-order valence-electron chi connectivity index (χ4n) is 12.3. The van der Waals surface area contributed by atoms with Crippen LogP contribution in [0.3, 0.4) is 0 Å². The Hall–Kier alpha value is -5.48. The van der Waals surface area contributed by atoms with Crippen LogP contribution in [0, 0.1) is 11.8 Å². The van der Waals surface area contributed by atoms with Gasteiger partial charge in [0.05, 0.1) is 12.1 Å². The molecule has 0 saturated carbocycles. The number of allylic oxidation sites excluding steroid dienone is 14. The molecule has 9 aliphatic carbocycles. The van der Waals surface area contributed by atoms with E-state index in [1.807, 2.05) is 0 Å². The van der Waals surface area contributed by atoms with E-state index in [-0.39, 0.29) is 0 Å². The van der Waals surface area contributed by atoms with Crippen molar-refractivity contribution in [2.75, 3.05) is 0 Å². The molecule has 4 unspecified atom stereocenters. The second-order valence-corrected chi connectivity index (χ2v) is 18.0. The second-order valence-electron chi connectivity index (χ2n) is 18.0. The Bertz CT molecular complexity index is 2660. The van der Waals surface area contributed by atoms with Gasteiger partial charge in [-0.15, -0.1) is 0 Å². The number of furan rings is 2. The van der Waals surface area contributed by atoms with E-state index in [0.29, 0.717) is 23.9 Å². The van der Waals surface area contributed by atoms with Crippen LogP contribution in [-0.4, -0.2) is 21.6 Å². The molecule has 10 aliphatic rings. The number of aryl methyl sites for hydroxylation is 4. The molecule has 3 aromatic heterocycles. The average molecular weight is 759 g/mol. The Morgan fingerprint density at radius 2 is 1.33 bits per heavy atom. The smallest absolute Gasteiger partial charge is 0.113 e. The van der Waals surface area contributed by atoms with Crippen LogP contribution in [0.2, 0.25) is 0 Å². The highest BCUT2D eigenvalue weighted by molar-refractivity contribution is 5.89. The van der Waals surface area contributed by atoms with Crippen molar-refractivity contribution in [3.05, 3.63) is 170 Å². The van der Waals surface area contributed by atoms with Gasteiger partial charge in [0.2, 0.25) is 0 Å². The normalized spacial score (nSPS) is 26.9. The van der Waals surface area contributed by atoms with Gasteiger partial charge in [-0.3, -0.25) is 0 Å². The summed E-state index contributed by atoms with van der Waals surface area (Å²) in [6, 6.07) is 0.807. The average Bonchev–Trinajstić information content (AvgIpc) is 4.03. The highest BCUT2D eigenvalue weighted by Gasteiger charge is 2.42. The molecule has 0 bridgehead atoms. The van der Waals surface area contributed by atoms with Gasteiger partial charge in [-0.25, -0.2) is 0 Å². The lowest BCUT2D eigenvalue weighted by Gasteiger charge is -2.37. The number of hydrogen-bond acceptors (Lipinski definition) is 3. The molecule has 0 fully saturated rings. The molecule has 1 aliphatic heterocycles. The Balaban J connectivity index is 0.834. The first-order chi connectivity index (χ1) is 28.7. The van der Waals surface area contributed by atoms with Crippen molar-refractivity contribution in [1.29, 1.82) is 0 Å². The highest BCUT2D eigenvalue weighted by Crippen LogP contribution is 2.51. The van der Waals surface area contributed by atoms with Crippen molar-refractivity contribution >= 4 is 30.0 Å². The van der Waals surface area contributed by atoms with Crippen LogP contribution in [0.1, 0.15) is 108 Å². The molecule has 288 valence electrons. The fraction of sp³-hybridized carbons (Fsp3) is 0.333. The number of aromatic nitrogens is 1. The molecule has 4 heterocycles. The molecule has 4 heteroatoms. The zero-order chi connectivity index (χ0) is 37.9. The van der Waals surface area contributed by atoms with Crippen molar-refractivity contribution in [1.82, 2.24) is 9.47 Å². The molecule has 3 aromatic rings. The quantitative estimate of drug-likeness (QED) is 0.266. The van der Waals surface area contributed by atoms with Gasteiger partial charge in [-0.1, -0.05) is 84.6 Å². The van der Waals surface area contributed by atoms with E-state index in [0.717, 1.165) is 94.3 Å². The third kappa shape index (κ3) is 4.99. The van der Waals surface area contributed by atoms with Crippen LogP contribution >= 0.6 is 0 Å². The van der Waals surface area contributed by atoms with Gasteiger partial charge in [0.1, 0.15) is 23.0 Å². The first-order valence-corrected chi connectivity index (χ1v) is 22.3. The van der Waals surface area contributed by atoms with Crippen molar-refractivity contribution in [2.24, 2.45) is 11.8 Å². The molecule has 58 heavy (non-hydrogen) atoms. The monoisotopic (exact) mass is 758 g/mol. The predicted molar refractivity (Wildman–Crippen MR) is 236 cm³/mol. The Kier molecular flexibility index (Phi) is 7.51. The molecule has 4 atom stereocenters. The number of nitrogens with zero attached hydrogens (tertiary/aromatic N) is 2. The van der Waals surface area contributed by atoms with Crippen molar-refractivity contribution in [3.63, 3.8) is 0 Å². The SMILES string of the molecule is C1=CCC(N2C3=C(CCC=C3)C3C=C(C4=Cc5c(oc6c5-c5c(oc7c5C=C(C5C=CC=C(n8c9c(c%10c8C=CCC%10)CCC=C9)C5)CC7)CC6)CC4)C=CC32)C=C1. The molecule has 0 spiro atoms. The summed E-state index contributed by atoms with van der Waals surface area (Å²) in [5, 5.41) is 0. The minimum Gasteiger partial charge on any atom is -0.465 e. The van der Waals surface area contributed by atoms with Crippen LogP contribution in [0.25, 0.3) is 41.1 Å². The van der Waals surface area contributed by atoms with Gasteiger partial charge in [-0.05, 0) is 122 Å². The van der Waals surface area contributed by atoms with E-state index in [1.54, 1.807) is 16.7 Å². The van der Waals surface area contributed by atoms with Gasteiger partial charge in [-0.2, -0.15) is 0 Å². The molecule has 4 nitrogen and oxygen atoms in total. The van der Waals surface area contributed by atoms with E-state index in [9.17, 15) is 0 Å². The van der Waals surface area contributed by atoms with Gasteiger partial charge in [0.15, 0.2) is 0 Å². The molecule has 0 radical (unpaired) electrons. The summed E-state index contributed by atoms with van der Waals surface area (Å²) in [5.41, 5.74) is 20.1. The fourth-order valence-corrected chi connectivity index (χ4v) is 12.3. The summed E-state index contributed by atoms with van der Waals surface area (Å²) in [6.07, 6.45) is 58.1. The second kappa shape index (κ2) is 13.0.